The first-order valence-electron chi connectivity index (χ1n) is 15.5. The van der Waals surface area contributed by atoms with Crippen LogP contribution < -0.4 is 10.2 Å². The van der Waals surface area contributed by atoms with E-state index in [0.717, 1.165) is 63.0 Å². The van der Waals surface area contributed by atoms with Crippen LogP contribution in [0.3, 0.4) is 0 Å². The molecule has 2 aromatic rings. The summed E-state index contributed by atoms with van der Waals surface area (Å²) in [6.45, 7) is 7.57. The molecule has 8 nitrogen and oxygen atoms in total. The van der Waals surface area contributed by atoms with Gasteiger partial charge in [0.1, 0.15) is 0 Å². The van der Waals surface area contributed by atoms with Crippen LogP contribution in [-0.4, -0.2) is 61.5 Å². The van der Waals surface area contributed by atoms with E-state index in [4.69, 9.17) is 9.15 Å². The molecule has 1 aromatic carbocycles. The van der Waals surface area contributed by atoms with Gasteiger partial charge < -0.3 is 24.3 Å². The number of benzene rings is 1. The molecule has 224 valence electrons. The quantitative estimate of drug-likeness (QED) is 0.241. The lowest BCUT2D eigenvalue weighted by molar-refractivity contribution is -0.143. The van der Waals surface area contributed by atoms with Crippen LogP contribution in [-0.2, 0) is 14.3 Å². The highest BCUT2D eigenvalue weighted by molar-refractivity contribution is 6.04. The second-order valence-corrected chi connectivity index (χ2v) is 11.8. The molecule has 2 amide bonds. The lowest BCUT2D eigenvalue weighted by Crippen LogP contribution is -2.48. The third-order valence-electron chi connectivity index (χ3n) is 8.78. The van der Waals surface area contributed by atoms with Crippen LogP contribution in [0.5, 0.6) is 0 Å². The van der Waals surface area contributed by atoms with Gasteiger partial charge in [0.05, 0.1) is 12.9 Å². The summed E-state index contributed by atoms with van der Waals surface area (Å²) >= 11 is 0. The fourth-order valence-corrected chi connectivity index (χ4v) is 6.43. The predicted molar refractivity (Wildman–Crippen MR) is 160 cm³/mol. The van der Waals surface area contributed by atoms with E-state index in [2.05, 4.69) is 17.1 Å². The van der Waals surface area contributed by atoms with Crippen molar-refractivity contribution in [2.45, 2.75) is 90.5 Å². The molecule has 1 N–H and O–H groups in total. The van der Waals surface area contributed by atoms with Gasteiger partial charge in [-0.2, -0.15) is 0 Å². The Kier molecular flexibility index (Phi) is 11.4. The van der Waals surface area contributed by atoms with Crippen molar-refractivity contribution in [3.8, 4) is 0 Å². The molecule has 0 spiro atoms. The molecule has 2 aliphatic rings. The zero-order chi connectivity index (χ0) is 29.1. The van der Waals surface area contributed by atoms with Crippen molar-refractivity contribution in [2.75, 3.05) is 37.7 Å². The molecule has 4 rings (SSSR count). The number of piperidine rings is 1. The van der Waals surface area contributed by atoms with Crippen LogP contribution in [0, 0.1) is 12.3 Å². The van der Waals surface area contributed by atoms with Gasteiger partial charge in [0.15, 0.2) is 5.76 Å². The number of anilines is 1. The van der Waals surface area contributed by atoms with Gasteiger partial charge >= 0.3 is 5.97 Å². The minimum atomic E-state index is -0.207. The highest BCUT2D eigenvalue weighted by Gasteiger charge is 2.36. The number of nitrogens with one attached hydrogen (secondary N) is 1. The lowest BCUT2D eigenvalue weighted by atomic mass is 9.69. The molecule has 2 heterocycles. The number of esters is 1. The van der Waals surface area contributed by atoms with Gasteiger partial charge in [-0.05, 0) is 88.6 Å². The van der Waals surface area contributed by atoms with E-state index < -0.39 is 0 Å². The number of ether oxygens (including phenoxy) is 1. The van der Waals surface area contributed by atoms with Crippen LogP contribution in [0.2, 0.25) is 0 Å². The Balaban J connectivity index is 1.30. The molecule has 0 atom stereocenters. The molecule has 1 aromatic heterocycles. The second kappa shape index (κ2) is 15.2. The SMILES string of the molecule is CCOC(=O)CCCNC(=O)CC1(CCN2CCC(N(C(=O)c3ccco3)c3ccc(C)cc3)CC2)CCCCC1. The Hall–Kier alpha value is -3.13. The maximum atomic E-state index is 13.5. The van der Waals surface area contributed by atoms with Crippen molar-refractivity contribution in [1.29, 1.82) is 0 Å². The highest BCUT2D eigenvalue weighted by Crippen LogP contribution is 2.42. The maximum Gasteiger partial charge on any atom is 0.305 e. The standard InChI is InChI=1S/C33H47N3O5/c1-3-40-31(38)10-7-20-34-30(37)25-33(17-5-4-6-18-33)19-23-35-21-15-28(16-22-35)36(27-13-11-26(2)12-14-27)32(39)29-9-8-24-41-29/h8-9,11-14,24,28H,3-7,10,15-23,25H2,1-2H3,(H,34,37). The third-order valence-corrected chi connectivity index (χ3v) is 8.78. The second-order valence-electron chi connectivity index (χ2n) is 11.8. The summed E-state index contributed by atoms with van der Waals surface area (Å²) in [7, 11) is 0. The summed E-state index contributed by atoms with van der Waals surface area (Å²) < 4.78 is 10.4. The highest BCUT2D eigenvalue weighted by atomic mass is 16.5. The number of likely N-dealkylation sites (tertiary alicyclic amines) is 1. The molecule has 1 aliphatic heterocycles. The Morgan fingerprint density at radius 3 is 2.46 bits per heavy atom. The van der Waals surface area contributed by atoms with Gasteiger partial charge in [-0.15, -0.1) is 0 Å². The molecule has 2 fully saturated rings. The predicted octanol–water partition coefficient (Wildman–Crippen LogP) is 5.89. The smallest absolute Gasteiger partial charge is 0.305 e. The molecular weight excluding hydrogens is 518 g/mol. The van der Waals surface area contributed by atoms with Crippen molar-refractivity contribution in [3.05, 3.63) is 54.0 Å². The number of carbonyl (C=O) groups excluding carboxylic acids is 3. The van der Waals surface area contributed by atoms with E-state index in [1.54, 1.807) is 25.3 Å². The van der Waals surface area contributed by atoms with E-state index in [9.17, 15) is 14.4 Å². The maximum absolute atomic E-state index is 13.5. The fourth-order valence-electron chi connectivity index (χ4n) is 6.43. The molecule has 0 bridgehead atoms. The molecule has 0 unspecified atom stereocenters. The summed E-state index contributed by atoms with van der Waals surface area (Å²) in [4.78, 5) is 42.3. The number of aryl methyl sites for hydroxylation is 1. The molecule has 1 aliphatic carbocycles. The average molecular weight is 566 g/mol. The van der Waals surface area contributed by atoms with Crippen LogP contribution in [0.15, 0.2) is 47.1 Å². The average Bonchev–Trinajstić information content (AvgIpc) is 3.52. The summed E-state index contributed by atoms with van der Waals surface area (Å²) in [5, 5.41) is 3.04. The van der Waals surface area contributed by atoms with Gasteiger partial charge in [-0.1, -0.05) is 37.0 Å². The summed E-state index contributed by atoms with van der Waals surface area (Å²) in [5.74, 6) is 0.166. The molecule has 1 saturated carbocycles. The van der Waals surface area contributed by atoms with Crippen LogP contribution in [0.4, 0.5) is 5.69 Å². The van der Waals surface area contributed by atoms with Crippen LogP contribution in [0.25, 0.3) is 0 Å². The fraction of sp³-hybridized carbons (Fsp3) is 0.606. The minimum absolute atomic E-state index is 0.0451. The van der Waals surface area contributed by atoms with E-state index in [1.807, 2.05) is 29.2 Å². The first-order chi connectivity index (χ1) is 19.9. The number of nitrogens with zero attached hydrogens (tertiary/aromatic N) is 2. The van der Waals surface area contributed by atoms with Gasteiger partial charge in [-0.25, -0.2) is 0 Å². The van der Waals surface area contributed by atoms with Crippen molar-refractivity contribution in [1.82, 2.24) is 10.2 Å². The molecule has 1 saturated heterocycles. The van der Waals surface area contributed by atoms with Gasteiger partial charge in [-0.3, -0.25) is 14.4 Å². The van der Waals surface area contributed by atoms with Crippen molar-refractivity contribution in [3.63, 3.8) is 0 Å². The number of hydrogen-bond acceptors (Lipinski definition) is 6. The van der Waals surface area contributed by atoms with Gasteiger partial charge in [0.2, 0.25) is 5.91 Å². The third kappa shape index (κ3) is 8.93. The first kappa shape index (κ1) is 30.8. The van der Waals surface area contributed by atoms with Gasteiger partial charge in [0.25, 0.3) is 5.91 Å². The topological polar surface area (TPSA) is 92.1 Å². The van der Waals surface area contributed by atoms with Crippen LogP contribution in [0.1, 0.15) is 93.7 Å². The number of carbonyl (C=O) groups is 3. The first-order valence-corrected chi connectivity index (χ1v) is 15.5. The van der Waals surface area contributed by atoms with Crippen molar-refractivity contribution < 1.29 is 23.5 Å². The molecule has 41 heavy (non-hydrogen) atoms. The van der Waals surface area contributed by atoms with E-state index in [1.165, 1.54) is 19.3 Å². The monoisotopic (exact) mass is 565 g/mol. The van der Waals surface area contributed by atoms with Crippen LogP contribution >= 0.6 is 0 Å². The van der Waals surface area contributed by atoms with Crippen molar-refractivity contribution >= 4 is 23.5 Å². The Morgan fingerprint density at radius 2 is 1.80 bits per heavy atom. The van der Waals surface area contributed by atoms with Crippen molar-refractivity contribution in [2.24, 2.45) is 5.41 Å². The molecule has 0 radical (unpaired) electrons. The largest absolute Gasteiger partial charge is 0.466 e. The summed E-state index contributed by atoms with van der Waals surface area (Å²) in [6, 6.07) is 11.7. The van der Waals surface area contributed by atoms with E-state index in [0.29, 0.717) is 38.2 Å². The number of furan rings is 1. The Labute approximate surface area is 244 Å². The van der Waals surface area contributed by atoms with Gasteiger partial charge in [0, 0.05) is 44.2 Å². The normalized spacial score (nSPS) is 17.6. The minimum Gasteiger partial charge on any atom is -0.466 e. The zero-order valence-electron chi connectivity index (χ0n) is 24.9. The van der Waals surface area contributed by atoms with E-state index >= 15 is 0 Å². The molecular formula is C33H47N3O5. The zero-order valence-corrected chi connectivity index (χ0v) is 24.9. The number of rotatable bonds is 13. The molecule has 8 heteroatoms. The lowest BCUT2D eigenvalue weighted by Gasteiger charge is -2.41. The number of amides is 2. The Bertz CT molecular complexity index is 1100. The Morgan fingerprint density at radius 1 is 1.07 bits per heavy atom. The number of hydrogen-bond donors (Lipinski definition) is 1. The summed E-state index contributed by atoms with van der Waals surface area (Å²) in [6.07, 6.45) is 11.7. The van der Waals surface area contributed by atoms with E-state index in [-0.39, 0.29) is 29.2 Å². The summed E-state index contributed by atoms with van der Waals surface area (Å²) in [5.41, 5.74) is 2.12.